The number of nitrogens with zero attached hydrogens (tertiary/aromatic N) is 7. The summed E-state index contributed by atoms with van der Waals surface area (Å²) >= 11 is 0. The van der Waals surface area contributed by atoms with Crippen LogP contribution in [0.3, 0.4) is 0 Å². The Morgan fingerprint density at radius 3 is 2.47 bits per heavy atom. The summed E-state index contributed by atoms with van der Waals surface area (Å²) in [6.07, 6.45) is 5.29. The molecule has 0 saturated carbocycles. The highest BCUT2D eigenvalue weighted by atomic mass is 16.5. The van der Waals surface area contributed by atoms with Crippen molar-refractivity contribution in [2.75, 3.05) is 50.6 Å². The van der Waals surface area contributed by atoms with E-state index in [9.17, 15) is 4.79 Å². The van der Waals surface area contributed by atoms with Crippen molar-refractivity contribution in [3.63, 3.8) is 0 Å². The number of nitrogens with one attached hydrogen (secondary N) is 1. The van der Waals surface area contributed by atoms with Crippen molar-refractivity contribution in [2.45, 2.75) is 0 Å². The third-order valence-electron chi connectivity index (χ3n) is 5.90. The fourth-order valence-electron chi connectivity index (χ4n) is 4.05. The first-order valence-electron chi connectivity index (χ1n) is 11.7. The number of aromatic nitrogens is 5. The highest BCUT2D eigenvalue weighted by Gasteiger charge is 2.26. The zero-order chi connectivity index (χ0) is 25.1. The number of anilines is 3. The van der Waals surface area contributed by atoms with Crippen molar-refractivity contribution >= 4 is 23.4 Å². The van der Waals surface area contributed by atoms with Crippen LogP contribution < -0.4 is 10.2 Å². The molecule has 36 heavy (non-hydrogen) atoms. The number of pyridine rings is 1. The molecule has 0 aliphatic carbocycles. The fourth-order valence-corrected chi connectivity index (χ4v) is 4.05. The molecular formula is C26H28N8O2. The van der Waals surface area contributed by atoms with Crippen molar-refractivity contribution in [1.82, 2.24) is 29.6 Å². The largest absolute Gasteiger partial charge is 0.378 e. The molecule has 1 aromatic carbocycles. The average Bonchev–Trinajstić information content (AvgIpc) is 3.35. The Labute approximate surface area is 209 Å². The van der Waals surface area contributed by atoms with Gasteiger partial charge in [0.2, 0.25) is 5.95 Å². The predicted octanol–water partition coefficient (Wildman–Crippen LogP) is 3.22. The van der Waals surface area contributed by atoms with E-state index in [1.807, 2.05) is 55.7 Å². The van der Waals surface area contributed by atoms with Gasteiger partial charge in [-0.15, -0.1) is 0 Å². The molecule has 184 valence electrons. The number of carbonyl (C=O) groups is 1. The average molecular weight is 485 g/mol. The number of hydrogen-bond donors (Lipinski definition) is 1. The number of carbonyl (C=O) groups excluding carboxylic acids is 1. The predicted molar refractivity (Wildman–Crippen MR) is 138 cm³/mol. The van der Waals surface area contributed by atoms with Crippen molar-refractivity contribution in [2.24, 2.45) is 7.05 Å². The third kappa shape index (κ3) is 4.89. The van der Waals surface area contributed by atoms with Crippen molar-refractivity contribution in [1.29, 1.82) is 0 Å². The van der Waals surface area contributed by atoms with E-state index in [-0.39, 0.29) is 5.91 Å². The molecule has 1 aliphatic rings. The summed E-state index contributed by atoms with van der Waals surface area (Å²) in [7, 11) is 5.34. The third-order valence-corrected chi connectivity index (χ3v) is 5.90. The minimum Gasteiger partial charge on any atom is -0.378 e. The van der Waals surface area contributed by atoms with E-state index in [1.165, 1.54) is 4.90 Å². The SMILES string of the molecule is CN(C)C(=O)c1c(Nc2ccncc2)nc(N2CCOCC2)nc1-c1cccc(-c2ccn(C)n2)c1. The Kier molecular flexibility index (Phi) is 6.59. The summed E-state index contributed by atoms with van der Waals surface area (Å²) in [5, 5.41) is 7.87. The lowest BCUT2D eigenvalue weighted by Crippen LogP contribution is -2.37. The lowest BCUT2D eigenvalue weighted by molar-refractivity contribution is 0.0828. The number of rotatable bonds is 6. The van der Waals surface area contributed by atoms with E-state index in [0.29, 0.717) is 49.3 Å². The summed E-state index contributed by atoms with van der Waals surface area (Å²) in [5.41, 5.74) is 4.31. The second kappa shape index (κ2) is 10.1. The van der Waals surface area contributed by atoms with Crippen LogP contribution >= 0.6 is 0 Å². The van der Waals surface area contributed by atoms with Gasteiger partial charge in [0.25, 0.3) is 5.91 Å². The lowest BCUT2D eigenvalue weighted by atomic mass is 10.0. The Morgan fingerprint density at radius 2 is 1.78 bits per heavy atom. The summed E-state index contributed by atoms with van der Waals surface area (Å²) in [5.74, 6) is 0.788. The van der Waals surface area contributed by atoms with E-state index in [0.717, 1.165) is 22.5 Å². The fraction of sp³-hybridized carbons (Fsp3) is 0.269. The number of aryl methyl sites for hydroxylation is 1. The van der Waals surface area contributed by atoms with Crippen LogP contribution in [0.4, 0.5) is 17.5 Å². The van der Waals surface area contributed by atoms with Crippen molar-refractivity contribution in [3.05, 3.63) is 66.6 Å². The molecule has 1 fully saturated rings. The zero-order valence-corrected chi connectivity index (χ0v) is 20.5. The molecule has 0 bridgehead atoms. The van der Waals surface area contributed by atoms with Gasteiger partial charge in [0.15, 0.2) is 0 Å². The summed E-state index contributed by atoms with van der Waals surface area (Å²) < 4.78 is 7.30. The van der Waals surface area contributed by atoms with Gasteiger partial charge in [0.05, 0.1) is 24.6 Å². The number of amides is 1. The van der Waals surface area contributed by atoms with Crippen LogP contribution in [0.25, 0.3) is 22.5 Å². The molecule has 4 aromatic rings. The number of morpholine rings is 1. The monoisotopic (exact) mass is 484 g/mol. The van der Waals surface area contributed by atoms with Gasteiger partial charge in [-0.3, -0.25) is 14.5 Å². The van der Waals surface area contributed by atoms with Crippen molar-refractivity contribution < 1.29 is 9.53 Å². The van der Waals surface area contributed by atoms with E-state index in [2.05, 4.69) is 20.3 Å². The topological polar surface area (TPSA) is 101 Å². The van der Waals surface area contributed by atoms with Crippen LogP contribution in [-0.4, -0.2) is 75.9 Å². The first-order valence-corrected chi connectivity index (χ1v) is 11.7. The number of hydrogen-bond acceptors (Lipinski definition) is 8. The molecular weight excluding hydrogens is 456 g/mol. The normalized spacial score (nSPS) is 13.5. The molecule has 0 unspecified atom stereocenters. The quantitative estimate of drug-likeness (QED) is 0.445. The molecule has 10 heteroatoms. The second-order valence-corrected chi connectivity index (χ2v) is 8.71. The molecule has 1 saturated heterocycles. The van der Waals surface area contributed by atoms with E-state index in [4.69, 9.17) is 14.7 Å². The molecule has 10 nitrogen and oxygen atoms in total. The lowest BCUT2D eigenvalue weighted by Gasteiger charge is -2.28. The summed E-state index contributed by atoms with van der Waals surface area (Å²) in [6.45, 7) is 2.53. The van der Waals surface area contributed by atoms with E-state index < -0.39 is 0 Å². The maximum atomic E-state index is 13.5. The van der Waals surface area contributed by atoms with Gasteiger partial charge in [-0.1, -0.05) is 18.2 Å². The molecule has 1 amide bonds. The standard InChI is InChI=1S/C26H28N8O2/c1-32(2)25(35)22-23(19-6-4-5-18(17-19)21-9-12-33(3)31-21)29-26(34-13-15-36-16-14-34)30-24(22)28-20-7-10-27-11-8-20/h4-12,17H,13-16H2,1-3H3,(H,27,28,29,30). The van der Waals surface area contributed by atoms with Gasteiger partial charge >= 0.3 is 0 Å². The first kappa shape index (κ1) is 23.4. The van der Waals surface area contributed by atoms with Gasteiger partial charge in [0.1, 0.15) is 11.4 Å². The van der Waals surface area contributed by atoms with Gasteiger partial charge < -0.3 is 19.9 Å². The zero-order valence-electron chi connectivity index (χ0n) is 20.5. The van der Waals surface area contributed by atoms with Crippen molar-refractivity contribution in [3.8, 4) is 22.5 Å². The van der Waals surface area contributed by atoms with Crippen LogP contribution in [0.15, 0.2) is 61.1 Å². The Hall–Kier alpha value is -4.31. The Balaban J connectivity index is 1.70. The van der Waals surface area contributed by atoms with E-state index in [1.54, 1.807) is 31.2 Å². The highest BCUT2D eigenvalue weighted by Crippen LogP contribution is 2.33. The first-order chi connectivity index (χ1) is 17.5. The minimum atomic E-state index is -0.196. The second-order valence-electron chi connectivity index (χ2n) is 8.71. The van der Waals surface area contributed by atoms with Gasteiger partial charge in [-0.2, -0.15) is 10.1 Å². The molecule has 1 aliphatic heterocycles. The molecule has 0 radical (unpaired) electrons. The molecule has 0 spiro atoms. The summed E-state index contributed by atoms with van der Waals surface area (Å²) in [4.78, 5) is 31.0. The molecule has 3 aromatic heterocycles. The van der Waals surface area contributed by atoms with E-state index >= 15 is 0 Å². The van der Waals surface area contributed by atoms with Crippen LogP contribution in [0.2, 0.25) is 0 Å². The Bertz CT molecular complexity index is 1360. The molecule has 0 atom stereocenters. The summed E-state index contributed by atoms with van der Waals surface area (Å²) in [6, 6.07) is 13.6. The minimum absolute atomic E-state index is 0.196. The van der Waals surface area contributed by atoms with Crippen LogP contribution in [0.5, 0.6) is 0 Å². The highest BCUT2D eigenvalue weighted by molar-refractivity contribution is 6.05. The maximum absolute atomic E-state index is 13.5. The van der Waals surface area contributed by atoms with Crippen LogP contribution in [0.1, 0.15) is 10.4 Å². The van der Waals surface area contributed by atoms with Gasteiger partial charge in [-0.05, 0) is 24.3 Å². The van der Waals surface area contributed by atoms with Gasteiger partial charge in [0, 0.05) is 69.6 Å². The number of ether oxygens (including phenoxy) is 1. The Morgan fingerprint density at radius 1 is 1.03 bits per heavy atom. The molecule has 1 N–H and O–H groups in total. The molecule has 4 heterocycles. The van der Waals surface area contributed by atoms with Crippen LogP contribution in [-0.2, 0) is 11.8 Å². The maximum Gasteiger partial charge on any atom is 0.259 e. The van der Waals surface area contributed by atoms with Crippen LogP contribution in [0, 0.1) is 0 Å². The van der Waals surface area contributed by atoms with Gasteiger partial charge in [-0.25, -0.2) is 4.98 Å². The smallest absolute Gasteiger partial charge is 0.259 e. The molecule has 5 rings (SSSR count). The number of benzene rings is 1.